The summed E-state index contributed by atoms with van der Waals surface area (Å²) in [5.74, 6) is -0.933. The van der Waals surface area contributed by atoms with Crippen molar-refractivity contribution in [1.29, 1.82) is 0 Å². The molecule has 4 heteroatoms. The Morgan fingerprint density at radius 3 is 1.97 bits per heavy atom. The first-order chi connectivity index (χ1) is 15.0. The van der Waals surface area contributed by atoms with Crippen molar-refractivity contribution in [3.63, 3.8) is 0 Å². The van der Waals surface area contributed by atoms with E-state index in [1.807, 2.05) is 32.0 Å². The predicted octanol–water partition coefficient (Wildman–Crippen LogP) is 5.57. The number of rotatable bonds is 3. The Bertz CT molecular complexity index is 1390. The van der Waals surface area contributed by atoms with Gasteiger partial charge >= 0.3 is 0 Å². The van der Waals surface area contributed by atoms with Crippen molar-refractivity contribution in [2.45, 2.75) is 13.8 Å². The van der Waals surface area contributed by atoms with Crippen molar-refractivity contribution < 1.29 is 18.8 Å². The molecule has 0 amide bonds. The fraction of sp³-hybridized carbons (Fsp3) is 0.0741. The fourth-order valence-electron chi connectivity index (χ4n) is 4.15. The number of aryl methyl sites for hydroxylation is 2. The summed E-state index contributed by atoms with van der Waals surface area (Å²) < 4.78 is 6.07. The molecule has 0 N–H and O–H groups in total. The highest BCUT2D eigenvalue weighted by Gasteiger charge is 2.40. The molecule has 3 aromatic carbocycles. The smallest absolute Gasteiger partial charge is 0.229 e. The molecule has 0 unspecified atom stereocenters. The number of hydrogen-bond donors (Lipinski definition) is 0. The zero-order chi connectivity index (χ0) is 21.7. The lowest BCUT2D eigenvalue weighted by atomic mass is 9.82. The summed E-state index contributed by atoms with van der Waals surface area (Å²) in [6.45, 7) is 3.89. The van der Waals surface area contributed by atoms with E-state index >= 15 is 0 Å². The number of ketones is 3. The second-order valence-electron chi connectivity index (χ2n) is 7.73. The van der Waals surface area contributed by atoms with E-state index in [1.54, 1.807) is 54.6 Å². The lowest BCUT2D eigenvalue weighted by Gasteiger charge is -2.15. The van der Waals surface area contributed by atoms with Gasteiger partial charge in [0.15, 0.2) is 17.3 Å². The maximum atomic E-state index is 13.5. The normalized spacial score (nSPS) is 12.5. The number of furan rings is 1. The van der Waals surface area contributed by atoms with Crippen molar-refractivity contribution in [2.75, 3.05) is 0 Å². The Labute approximate surface area is 179 Å². The van der Waals surface area contributed by atoms with Gasteiger partial charge in [0.2, 0.25) is 5.78 Å². The first-order valence-electron chi connectivity index (χ1n) is 10.00. The van der Waals surface area contributed by atoms with Crippen LogP contribution in [0.2, 0.25) is 0 Å². The summed E-state index contributed by atoms with van der Waals surface area (Å²) in [4.78, 5) is 40.2. The van der Waals surface area contributed by atoms with E-state index < -0.39 is 5.78 Å². The van der Waals surface area contributed by atoms with Gasteiger partial charge in [0.05, 0.1) is 11.1 Å². The third-order valence-corrected chi connectivity index (χ3v) is 5.65. The zero-order valence-electron chi connectivity index (χ0n) is 17.1. The van der Waals surface area contributed by atoms with E-state index in [0.29, 0.717) is 16.7 Å². The molecular weight excluding hydrogens is 388 g/mol. The maximum Gasteiger partial charge on any atom is 0.229 e. The first-order valence-corrected chi connectivity index (χ1v) is 10.00. The Balaban J connectivity index is 1.82. The topological polar surface area (TPSA) is 64.3 Å². The highest BCUT2D eigenvalue weighted by atomic mass is 16.4. The van der Waals surface area contributed by atoms with Crippen LogP contribution < -0.4 is 0 Å². The van der Waals surface area contributed by atoms with Gasteiger partial charge in [0.1, 0.15) is 5.76 Å². The van der Waals surface area contributed by atoms with Gasteiger partial charge in [0, 0.05) is 22.3 Å². The molecule has 31 heavy (non-hydrogen) atoms. The van der Waals surface area contributed by atoms with Gasteiger partial charge in [-0.25, -0.2) is 0 Å². The van der Waals surface area contributed by atoms with E-state index in [-0.39, 0.29) is 39.8 Å². The molecule has 4 nitrogen and oxygen atoms in total. The van der Waals surface area contributed by atoms with Crippen molar-refractivity contribution in [3.05, 3.63) is 118 Å². The van der Waals surface area contributed by atoms with Crippen molar-refractivity contribution in [3.8, 4) is 11.3 Å². The molecule has 150 valence electrons. The maximum absolute atomic E-state index is 13.5. The molecule has 0 bridgehead atoms. The van der Waals surface area contributed by atoms with E-state index in [2.05, 4.69) is 0 Å². The van der Waals surface area contributed by atoms with Crippen LogP contribution in [-0.2, 0) is 0 Å². The number of carbonyl (C=O) groups excluding carboxylic acids is 3. The molecule has 0 atom stereocenters. The highest BCUT2D eigenvalue weighted by Crippen LogP contribution is 2.40. The van der Waals surface area contributed by atoms with Crippen LogP contribution >= 0.6 is 0 Å². The summed E-state index contributed by atoms with van der Waals surface area (Å²) in [7, 11) is 0. The van der Waals surface area contributed by atoms with Gasteiger partial charge in [-0.15, -0.1) is 0 Å². The van der Waals surface area contributed by atoms with Crippen molar-refractivity contribution in [1.82, 2.24) is 0 Å². The van der Waals surface area contributed by atoms with Crippen molar-refractivity contribution in [2.24, 2.45) is 0 Å². The number of fused-ring (bicyclic) bond motifs is 2. The first kappa shape index (κ1) is 18.9. The van der Waals surface area contributed by atoms with Crippen LogP contribution in [0.25, 0.3) is 11.3 Å². The van der Waals surface area contributed by atoms with Crippen LogP contribution in [0.15, 0.2) is 77.2 Å². The summed E-state index contributed by atoms with van der Waals surface area (Å²) in [5, 5.41) is 0. The molecular formula is C27H18O4. The van der Waals surface area contributed by atoms with Gasteiger partial charge in [-0.05, 0) is 19.4 Å². The van der Waals surface area contributed by atoms with Gasteiger partial charge in [0.25, 0.3) is 0 Å². The van der Waals surface area contributed by atoms with Crippen LogP contribution in [-0.4, -0.2) is 17.3 Å². The minimum atomic E-state index is -0.423. The average Bonchev–Trinajstić information content (AvgIpc) is 3.18. The Hall–Kier alpha value is -4.05. The zero-order valence-corrected chi connectivity index (χ0v) is 17.1. The predicted molar refractivity (Wildman–Crippen MR) is 117 cm³/mol. The molecule has 0 fully saturated rings. The monoisotopic (exact) mass is 406 g/mol. The van der Waals surface area contributed by atoms with E-state index in [1.165, 1.54) is 0 Å². The summed E-state index contributed by atoms with van der Waals surface area (Å²) in [6.07, 6.45) is 0. The number of hydrogen-bond acceptors (Lipinski definition) is 4. The van der Waals surface area contributed by atoms with E-state index in [4.69, 9.17) is 4.42 Å². The van der Waals surface area contributed by atoms with Crippen LogP contribution in [0.3, 0.4) is 0 Å². The molecule has 1 aliphatic carbocycles. The lowest BCUT2D eigenvalue weighted by molar-refractivity contribution is 0.0968. The second-order valence-corrected chi connectivity index (χ2v) is 7.73. The lowest BCUT2D eigenvalue weighted by Crippen LogP contribution is -2.22. The second kappa shape index (κ2) is 7.03. The molecule has 0 saturated heterocycles. The SMILES string of the molecule is Cc1ccc(-c2oc(C(=O)c3ccccc3)c3c2C(=O)c2ccccc2C3=O)c(C)c1. The standard InChI is InChI=1S/C27H18O4/c1-15-12-13-18(16(2)14-15)26-21-22(25(30)20-11-7-6-10-19(20)24(21)29)27(31-26)23(28)17-8-4-3-5-9-17/h3-14H,1-2H3. The van der Waals surface area contributed by atoms with Crippen LogP contribution in [0.4, 0.5) is 0 Å². The molecule has 0 saturated carbocycles. The Kier molecular flexibility index (Phi) is 4.29. The summed E-state index contributed by atoms with van der Waals surface area (Å²) in [6, 6.07) is 21.1. The summed E-state index contributed by atoms with van der Waals surface area (Å²) >= 11 is 0. The number of carbonyl (C=O) groups is 3. The third kappa shape index (κ3) is 2.88. The molecule has 4 aromatic rings. The number of benzene rings is 3. The molecule has 1 aromatic heterocycles. The molecule has 0 aliphatic heterocycles. The van der Waals surface area contributed by atoms with Gasteiger partial charge < -0.3 is 4.42 Å². The van der Waals surface area contributed by atoms with Gasteiger partial charge in [-0.1, -0.05) is 78.4 Å². The third-order valence-electron chi connectivity index (χ3n) is 5.65. The highest BCUT2D eigenvalue weighted by molar-refractivity contribution is 6.33. The van der Waals surface area contributed by atoms with E-state index in [0.717, 1.165) is 11.1 Å². The fourth-order valence-corrected chi connectivity index (χ4v) is 4.15. The van der Waals surface area contributed by atoms with Crippen LogP contribution in [0.1, 0.15) is 59.1 Å². The minimum Gasteiger partial charge on any atom is -0.451 e. The quantitative estimate of drug-likeness (QED) is 0.368. The molecule has 1 aliphatic rings. The molecule has 1 heterocycles. The van der Waals surface area contributed by atoms with Gasteiger partial charge in [-0.3, -0.25) is 14.4 Å². The molecule has 0 spiro atoms. The van der Waals surface area contributed by atoms with Crippen LogP contribution in [0, 0.1) is 13.8 Å². The van der Waals surface area contributed by atoms with E-state index in [9.17, 15) is 14.4 Å². The molecule has 5 rings (SSSR count). The minimum absolute atomic E-state index is 0.0486. The largest absolute Gasteiger partial charge is 0.451 e. The van der Waals surface area contributed by atoms with Crippen LogP contribution in [0.5, 0.6) is 0 Å². The van der Waals surface area contributed by atoms with Gasteiger partial charge in [-0.2, -0.15) is 0 Å². The molecule has 0 radical (unpaired) electrons. The summed E-state index contributed by atoms with van der Waals surface area (Å²) in [5.41, 5.74) is 3.87. The average molecular weight is 406 g/mol. The Morgan fingerprint density at radius 2 is 1.32 bits per heavy atom. The van der Waals surface area contributed by atoms with Crippen molar-refractivity contribution >= 4 is 17.3 Å². The Morgan fingerprint density at radius 1 is 0.710 bits per heavy atom.